The van der Waals surface area contributed by atoms with Gasteiger partial charge >= 0.3 is 0 Å². The van der Waals surface area contributed by atoms with Crippen molar-refractivity contribution in [3.8, 4) is 0 Å². The lowest BCUT2D eigenvalue weighted by Crippen LogP contribution is -2.52. The first-order chi connectivity index (χ1) is 11.2. The number of thioether (sulfide) groups is 1. The Hall–Kier alpha value is -0.470. The SMILES string of the molecule is CCNC(=NCC(C)SC)N1CCN(Cc2ccccc2)CC1.I. The molecule has 1 N–H and O–H groups in total. The Morgan fingerprint density at radius 2 is 1.88 bits per heavy atom. The van der Waals surface area contributed by atoms with E-state index in [4.69, 9.17) is 4.99 Å². The smallest absolute Gasteiger partial charge is 0.194 e. The van der Waals surface area contributed by atoms with E-state index in [1.807, 2.05) is 11.8 Å². The molecule has 136 valence electrons. The maximum atomic E-state index is 4.81. The van der Waals surface area contributed by atoms with Crippen LogP contribution < -0.4 is 5.32 Å². The summed E-state index contributed by atoms with van der Waals surface area (Å²) in [6.07, 6.45) is 2.15. The van der Waals surface area contributed by atoms with Crippen molar-refractivity contribution in [2.24, 2.45) is 4.99 Å². The second-order valence-corrected chi connectivity index (χ2v) is 7.27. The predicted molar refractivity (Wildman–Crippen MR) is 118 cm³/mol. The van der Waals surface area contributed by atoms with Crippen LogP contribution >= 0.6 is 35.7 Å². The molecule has 1 aliphatic heterocycles. The Bertz CT molecular complexity index is 475. The highest BCUT2D eigenvalue weighted by atomic mass is 127. The second-order valence-electron chi connectivity index (χ2n) is 5.99. The number of aliphatic imine (C=N–C) groups is 1. The van der Waals surface area contributed by atoms with Gasteiger partial charge in [0.1, 0.15) is 0 Å². The Balaban J connectivity index is 0.00000288. The zero-order chi connectivity index (χ0) is 16.5. The third kappa shape index (κ3) is 7.19. The van der Waals surface area contributed by atoms with Crippen LogP contribution in [0, 0.1) is 0 Å². The van der Waals surface area contributed by atoms with Crippen molar-refractivity contribution in [2.75, 3.05) is 45.5 Å². The van der Waals surface area contributed by atoms with Gasteiger partial charge in [0.25, 0.3) is 0 Å². The van der Waals surface area contributed by atoms with Gasteiger partial charge in [-0.2, -0.15) is 11.8 Å². The van der Waals surface area contributed by atoms with Crippen molar-refractivity contribution < 1.29 is 0 Å². The fourth-order valence-corrected chi connectivity index (χ4v) is 2.90. The zero-order valence-electron chi connectivity index (χ0n) is 15.1. The number of benzene rings is 1. The van der Waals surface area contributed by atoms with Gasteiger partial charge in [0.15, 0.2) is 5.96 Å². The Labute approximate surface area is 168 Å². The van der Waals surface area contributed by atoms with Gasteiger partial charge in [-0.05, 0) is 18.7 Å². The molecule has 1 aromatic rings. The maximum absolute atomic E-state index is 4.81. The fourth-order valence-electron chi connectivity index (χ4n) is 2.67. The highest BCUT2D eigenvalue weighted by Crippen LogP contribution is 2.09. The van der Waals surface area contributed by atoms with Crippen LogP contribution in [0.25, 0.3) is 0 Å². The summed E-state index contributed by atoms with van der Waals surface area (Å²) >= 11 is 1.87. The van der Waals surface area contributed by atoms with Crippen LogP contribution in [0.1, 0.15) is 19.4 Å². The molecule has 0 aliphatic carbocycles. The van der Waals surface area contributed by atoms with Gasteiger partial charge < -0.3 is 10.2 Å². The fraction of sp³-hybridized carbons (Fsp3) is 0.611. The van der Waals surface area contributed by atoms with E-state index in [-0.39, 0.29) is 24.0 Å². The quantitative estimate of drug-likeness (QED) is 0.400. The van der Waals surface area contributed by atoms with Crippen molar-refractivity contribution >= 4 is 41.7 Å². The van der Waals surface area contributed by atoms with Crippen molar-refractivity contribution in [3.63, 3.8) is 0 Å². The minimum atomic E-state index is 0. The summed E-state index contributed by atoms with van der Waals surface area (Å²) in [6.45, 7) is 11.5. The summed E-state index contributed by atoms with van der Waals surface area (Å²) in [4.78, 5) is 9.74. The molecule has 1 fully saturated rings. The summed E-state index contributed by atoms with van der Waals surface area (Å²) < 4.78 is 0. The molecule has 1 aliphatic rings. The number of rotatable bonds is 6. The van der Waals surface area contributed by atoms with Crippen LogP contribution in [-0.2, 0) is 6.54 Å². The molecule has 1 saturated heterocycles. The van der Waals surface area contributed by atoms with Crippen LogP contribution in [0.2, 0.25) is 0 Å². The molecule has 4 nitrogen and oxygen atoms in total. The lowest BCUT2D eigenvalue weighted by molar-refractivity contribution is 0.172. The van der Waals surface area contributed by atoms with Gasteiger partial charge in [0.05, 0.1) is 6.54 Å². The van der Waals surface area contributed by atoms with E-state index in [2.05, 4.69) is 65.6 Å². The summed E-state index contributed by atoms with van der Waals surface area (Å²) in [5.41, 5.74) is 1.40. The molecule has 0 bridgehead atoms. The molecule has 0 radical (unpaired) electrons. The molecule has 1 unspecified atom stereocenters. The van der Waals surface area contributed by atoms with Crippen molar-refractivity contribution in [1.29, 1.82) is 0 Å². The summed E-state index contributed by atoms with van der Waals surface area (Å²) in [5, 5.41) is 4.02. The van der Waals surface area contributed by atoms with E-state index in [1.54, 1.807) is 0 Å². The number of halogens is 1. The van der Waals surface area contributed by atoms with Gasteiger partial charge in [-0.1, -0.05) is 37.3 Å². The molecule has 0 saturated carbocycles. The molecular formula is C18H31IN4S. The van der Waals surface area contributed by atoms with Gasteiger partial charge in [0, 0.05) is 44.5 Å². The van der Waals surface area contributed by atoms with E-state index in [0.717, 1.165) is 51.8 Å². The van der Waals surface area contributed by atoms with E-state index >= 15 is 0 Å². The van der Waals surface area contributed by atoms with Gasteiger partial charge in [-0.15, -0.1) is 24.0 Å². The molecule has 2 rings (SSSR count). The van der Waals surface area contributed by atoms with Crippen LogP contribution in [-0.4, -0.2) is 66.5 Å². The number of guanidine groups is 1. The number of nitrogens with zero attached hydrogens (tertiary/aromatic N) is 3. The lowest BCUT2D eigenvalue weighted by Gasteiger charge is -2.36. The first-order valence-electron chi connectivity index (χ1n) is 8.55. The molecule has 1 heterocycles. The van der Waals surface area contributed by atoms with Crippen molar-refractivity contribution in [2.45, 2.75) is 25.6 Å². The van der Waals surface area contributed by atoms with Gasteiger partial charge in [-0.3, -0.25) is 9.89 Å². The van der Waals surface area contributed by atoms with Gasteiger partial charge in [-0.25, -0.2) is 0 Å². The predicted octanol–water partition coefficient (Wildman–Crippen LogP) is 3.14. The molecule has 1 aromatic carbocycles. The van der Waals surface area contributed by atoms with Gasteiger partial charge in [0.2, 0.25) is 0 Å². The summed E-state index contributed by atoms with van der Waals surface area (Å²) in [6, 6.07) is 10.7. The Kier molecular flexibility index (Phi) is 10.8. The molecule has 6 heteroatoms. The first kappa shape index (κ1) is 21.6. The third-order valence-electron chi connectivity index (χ3n) is 4.16. The van der Waals surface area contributed by atoms with Crippen LogP contribution in [0.5, 0.6) is 0 Å². The van der Waals surface area contributed by atoms with E-state index in [0.29, 0.717) is 5.25 Å². The van der Waals surface area contributed by atoms with Crippen LogP contribution in [0.15, 0.2) is 35.3 Å². The molecular weight excluding hydrogens is 431 g/mol. The number of piperazine rings is 1. The van der Waals surface area contributed by atoms with Crippen LogP contribution in [0.4, 0.5) is 0 Å². The summed E-state index contributed by atoms with van der Waals surface area (Å²) in [5.74, 6) is 1.08. The highest BCUT2D eigenvalue weighted by molar-refractivity contribution is 14.0. The Morgan fingerprint density at radius 1 is 1.21 bits per heavy atom. The second kappa shape index (κ2) is 12.0. The third-order valence-corrected chi connectivity index (χ3v) is 5.11. The van der Waals surface area contributed by atoms with E-state index < -0.39 is 0 Å². The molecule has 0 aromatic heterocycles. The molecule has 0 amide bonds. The number of hydrogen-bond acceptors (Lipinski definition) is 3. The average Bonchev–Trinajstić information content (AvgIpc) is 2.60. The largest absolute Gasteiger partial charge is 0.357 e. The number of nitrogens with one attached hydrogen (secondary N) is 1. The summed E-state index contributed by atoms with van der Waals surface area (Å²) in [7, 11) is 0. The van der Waals surface area contributed by atoms with Crippen molar-refractivity contribution in [1.82, 2.24) is 15.1 Å². The molecule has 24 heavy (non-hydrogen) atoms. The molecule has 0 spiro atoms. The molecule has 1 atom stereocenters. The van der Waals surface area contributed by atoms with E-state index in [9.17, 15) is 0 Å². The standard InChI is InChI=1S/C18H30N4S.HI/c1-4-19-18(20-14-16(2)23-3)22-12-10-21(11-13-22)15-17-8-6-5-7-9-17;/h5-9,16H,4,10-15H2,1-3H3,(H,19,20);1H. The topological polar surface area (TPSA) is 30.9 Å². The highest BCUT2D eigenvalue weighted by Gasteiger charge is 2.19. The maximum Gasteiger partial charge on any atom is 0.194 e. The van der Waals surface area contributed by atoms with Crippen molar-refractivity contribution in [3.05, 3.63) is 35.9 Å². The first-order valence-corrected chi connectivity index (χ1v) is 9.84. The zero-order valence-corrected chi connectivity index (χ0v) is 18.2. The monoisotopic (exact) mass is 462 g/mol. The Morgan fingerprint density at radius 3 is 2.46 bits per heavy atom. The number of hydrogen-bond donors (Lipinski definition) is 1. The minimum absolute atomic E-state index is 0. The van der Waals surface area contributed by atoms with E-state index in [1.165, 1.54) is 5.56 Å². The lowest BCUT2D eigenvalue weighted by atomic mass is 10.2. The van der Waals surface area contributed by atoms with Crippen LogP contribution in [0.3, 0.4) is 0 Å². The normalized spacial score (nSPS) is 17.3. The average molecular weight is 462 g/mol. The minimum Gasteiger partial charge on any atom is -0.357 e.